The van der Waals surface area contributed by atoms with Crippen molar-refractivity contribution in [1.82, 2.24) is 20.0 Å². The number of aromatic nitrogens is 2. The summed E-state index contributed by atoms with van der Waals surface area (Å²) in [5.74, 6) is -0.277. The van der Waals surface area contributed by atoms with Crippen molar-refractivity contribution in [2.45, 2.75) is 46.2 Å². The van der Waals surface area contributed by atoms with Crippen molar-refractivity contribution in [3.63, 3.8) is 0 Å². The Bertz CT molecular complexity index is 797. The zero-order valence-corrected chi connectivity index (χ0v) is 15.5. The number of carbonyl (C=O) groups is 2. The van der Waals surface area contributed by atoms with Crippen LogP contribution in [0.25, 0.3) is 0 Å². The Balaban J connectivity index is 1.75. The summed E-state index contributed by atoms with van der Waals surface area (Å²) in [5.41, 5.74) is 3.11. The first kappa shape index (κ1) is 18.2. The molecule has 0 bridgehead atoms. The van der Waals surface area contributed by atoms with Crippen LogP contribution in [-0.2, 0) is 13.1 Å². The third kappa shape index (κ3) is 4.12. The molecule has 1 aromatic heterocycles. The molecule has 0 spiro atoms. The van der Waals surface area contributed by atoms with E-state index in [-0.39, 0.29) is 11.8 Å². The van der Waals surface area contributed by atoms with Gasteiger partial charge in [0.15, 0.2) is 5.69 Å². The summed E-state index contributed by atoms with van der Waals surface area (Å²) in [6, 6.07) is 9.82. The molecule has 0 unspecified atom stereocenters. The molecule has 6 heteroatoms. The molecule has 0 fully saturated rings. The predicted octanol–water partition coefficient (Wildman–Crippen LogP) is 2.77. The Morgan fingerprint density at radius 3 is 2.88 bits per heavy atom. The van der Waals surface area contributed by atoms with Crippen molar-refractivity contribution in [2.75, 3.05) is 13.1 Å². The van der Waals surface area contributed by atoms with Gasteiger partial charge in [0.05, 0.1) is 0 Å². The van der Waals surface area contributed by atoms with E-state index in [1.165, 1.54) is 5.56 Å². The summed E-state index contributed by atoms with van der Waals surface area (Å²) >= 11 is 0. The average Bonchev–Trinajstić information content (AvgIpc) is 2.99. The van der Waals surface area contributed by atoms with Gasteiger partial charge in [0.2, 0.25) is 0 Å². The maximum Gasteiger partial charge on any atom is 0.272 e. The molecule has 0 atom stereocenters. The minimum Gasteiger partial charge on any atom is -0.351 e. The maximum absolute atomic E-state index is 13.0. The van der Waals surface area contributed by atoms with Crippen LogP contribution >= 0.6 is 0 Å². The van der Waals surface area contributed by atoms with Gasteiger partial charge in [-0.05, 0) is 25.3 Å². The van der Waals surface area contributed by atoms with Crippen molar-refractivity contribution in [3.05, 3.63) is 52.8 Å². The number of nitrogens with one attached hydrogen (secondary N) is 1. The summed E-state index contributed by atoms with van der Waals surface area (Å²) in [6.45, 7) is 6.66. The standard InChI is InChI=1S/C20H26N4O2/c1-3-4-9-21-19(25)17-13-18-20(26)23(10-6-11-24(18)22-17)14-16-8-5-7-15(2)12-16/h5,7-8,12-13H,3-4,6,9-11,14H2,1-2H3,(H,21,25). The van der Waals surface area contributed by atoms with Gasteiger partial charge in [-0.15, -0.1) is 0 Å². The maximum atomic E-state index is 13.0. The highest BCUT2D eigenvalue weighted by molar-refractivity contribution is 5.98. The number of amides is 2. The van der Waals surface area contributed by atoms with Crippen LogP contribution in [0.1, 0.15) is 58.3 Å². The lowest BCUT2D eigenvalue weighted by atomic mass is 10.1. The second-order valence-electron chi connectivity index (χ2n) is 6.82. The molecule has 1 N–H and O–H groups in total. The molecular formula is C20H26N4O2. The van der Waals surface area contributed by atoms with Gasteiger partial charge in [0.25, 0.3) is 11.8 Å². The van der Waals surface area contributed by atoms with Crippen molar-refractivity contribution in [2.24, 2.45) is 0 Å². The predicted molar refractivity (Wildman–Crippen MR) is 100 cm³/mol. The Morgan fingerprint density at radius 2 is 2.12 bits per heavy atom. The fourth-order valence-electron chi connectivity index (χ4n) is 3.20. The van der Waals surface area contributed by atoms with Crippen LogP contribution in [-0.4, -0.2) is 39.6 Å². The fraction of sp³-hybridized carbons (Fsp3) is 0.450. The van der Waals surface area contributed by atoms with Gasteiger partial charge in [-0.2, -0.15) is 5.10 Å². The molecule has 2 heterocycles. The van der Waals surface area contributed by atoms with Crippen LogP contribution in [0, 0.1) is 6.92 Å². The number of carbonyl (C=O) groups excluding carboxylic acids is 2. The van der Waals surface area contributed by atoms with Crippen LogP contribution < -0.4 is 5.32 Å². The number of unbranched alkanes of at least 4 members (excludes halogenated alkanes) is 1. The Hall–Kier alpha value is -2.63. The molecule has 0 saturated heterocycles. The minimum atomic E-state index is -0.211. The third-order valence-electron chi connectivity index (χ3n) is 4.59. The fourth-order valence-corrected chi connectivity index (χ4v) is 3.20. The molecule has 0 aliphatic carbocycles. The molecule has 6 nitrogen and oxygen atoms in total. The number of benzene rings is 1. The molecule has 3 rings (SSSR count). The van der Waals surface area contributed by atoms with E-state index in [0.29, 0.717) is 37.6 Å². The van der Waals surface area contributed by atoms with Gasteiger partial charge in [0.1, 0.15) is 5.69 Å². The molecule has 1 aromatic carbocycles. The second kappa shape index (κ2) is 8.17. The smallest absolute Gasteiger partial charge is 0.272 e. The van der Waals surface area contributed by atoms with E-state index in [2.05, 4.69) is 23.4 Å². The third-order valence-corrected chi connectivity index (χ3v) is 4.59. The first-order chi connectivity index (χ1) is 12.6. The van der Waals surface area contributed by atoms with Crippen molar-refractivity contribution in [3.8, 4) is 0 Å². The first-order valence-electron chi connectivity index (χ1n) is 9.29. The van der Waals surface area contributed by atoms with Crippen molar-refractivity contribution >= 4 is 11.8 Å². The summed E-state index contributed by atoms with van der Waals surface area (Å²) in [7, 11) is 0. The second-order valence-corrected chi connectivity index (χ2v) is 6.82. The van der Waals surface area contributed by atoms with E-state index in [1.54, 1.807) is 10.7 Å². The quantitative estimate of drug-likeness (QED) is 0.811. The average molecular weight is 354 g/mol. The molecule has 26 heavy (non-hydrogen) atoms. The van der Waals surface area contributed by atoms with Crippen LogP contribution in [0.5, 0.6) is 0 Å². The van der Waals surface area contributed by atoms with Gasteiger partial charge >= 0.3 is 0 Å². The molecule has 1 aliphatic rings. The highest BCUT2D eigenvalue weighted by Gasteiger charge is 2.26. The number of hydrogen-bond acceptors (Lipinski definition) is 3. The van der Waals surface area contributed by atoms with E-state index < -0.39 is 0 Å². The zero-order valence-electron chi connectivity index (χ0n) is 15.5. The monoisotopic (exact) mass is 354 g/mol. The van der Waals surface area contributed by atoms with E-state index >= 15 is 0 Å². The van der Waals surface area contributed by atoms with Gasteiger partial charge in [-0.1, -0.05) is 43.2 Å². The van der Waals surface area contributed by atoms with E-state index in [1.807, 2.05) is 30.0 Å². The Kier molecular flexibility index (Phi) is 5.71. The van der Waals surface area contributed by atoms with Crippen LogP contribution in [0.2, 0.25) is 0 Å². The van der Waals surface area contributed by atoms with Crippen molar-refractivity contribution < 1.29 is 9.59 Å². The van der Waals surface area contributed by atoms with Crippen LogP contribution in [0.3, 0.4) is 0 Å². The molecule has 0 saturated carbocycles. The van der Waals surface area contributed by atoms with Crippen LogP contribution in [0.15, 0.2) is 30.3 Å². The summed E-state index contributed by atoms with van der Waals surface area (Å²) in [6.07, 6.45) is 2.78. The van der Waals surface area contributed by atoms with Gasteiger partial charge in [-0.25, -0.2) is 0 Å². The van der Waals surface area contributed by atoms with Gasteiger partial charge in [-0.3, -0.25) is 14.3 Å². The van der Waals surface area contributed by atoms with E-state index in [0.717, 1.165) is 24.8 Å². The topological polar surface area (TPSA) is 67.2 Å². The highest BCUT2D eigenvalue weighted by atomic mass is 16.2. The van der Waals surface area contributed by atoms with Gasteiger partial charge in [0, 0.05) is 32.2 Å². The molecule has 1 aliphatic heterocycles. The largest absolute Gasteiger partial charge is 0.351 e. The minimum absolute atomic E-state index is 0.0656. The SMILES string of the molecule is CCCCNC(=O)c1cc2n(n1)CCCN(Cc1cccc(C)c1)C2=O. The lowest BCUT2D eigenvalue weighted by Gasteiger charge is -2.20. The normalized spacial score (nSPS) is 14.1. The van der Waals surface area contributed by atoms with Crippen molar-refractivity contribution in [1.29, 1.82) is 0 Å². The first-order valence-corrected chi connectivity index (χ1v) is 9.29. The highest BCUT2D eigenvalue weighted by Crippen LogP contribution is 2.17. The van der Waals surface area contributed by atoms with E-state index in [4.69, 9.17) is 0 Å². The number of fused-ring (bicyclic) bond motifs is 1. The lowest BCUT2D eigenvalue weighted by Crippen LogP contribution is -2.30. The van der Waals surface area contributed by atoms with E-state index in [9.17, 15) is 9.59 Å². The molecule has 0 radical (unpaired) electrons. The summed E-state index contributed by atoms with van der Waals surface area (Å²) < 4.78 is 1.67. The number of nitrogens with zero attached hydrogens (tertiary/aromatic N) is 3. The molecule has 2 aromatic rings. The molecular weight excluding hydrogens is 328 g/mol. The summed E-state index contributed by atoms with van der Waals surface area (Å²) in [4.78, 5) is 27.0. The number of rotatable bonds is 6. The molecule has 138 valence electrons. The number of hydrogen-bond donors (Lipinski definition) is 1. The Labute approximate surface area is 154 Å². The van der Waals surface area contributed by atoms with Gasteiger partial charge < -0.3 is 10.2 Å². The number of aryl methyl sites for hydroxylation is 2. The molecule has 2 amide bonds. The zero-order chi connectivity index (χ0) is 18.5. The summed E-state index contributed by atoms with van der Waals surface area (Å²) in [5, 5.41) is 7.21. The Morgan fingerprint density at radius 1 is 1.27 bits per heavy atom. The van der Waals surface area contributed by atoms with Crippen LogP contribution in [0.4, 0.5) is 0 Å². The lowest BCUT2D eigenvalue weighted by molar-refractivity contribution is 0.0745.